The zero-order valence-electron chi connectivity index (χ0n) is 18.4. The summed E-state index contributed by atoms with van der Waals surface area (Å²) in [6.07, 6.45) is 4.23. The summed E-state index contributed by atoms with van der Waals surface area (Å²) >= 11 is 0. The van der Waals surface area contributed by atoms with Gasteiger partial charge in [0.25, 0.3) is 5.91 Å². The van der Waals surface area contributed by atoms with E-state index in [-0.39, 0.29) is 29.7 Å². The molecule has 8 nitrogen and oxygen atoms in total. The van der Waals surface area contributed by atoms with Crippen LogP contribution in [-0.2, 0) is 9.53 Å². The molecule has 2 aromatic rings. The highest BCUT2D eigenvalue weighted by Gasteiger charge is 2.28. The third kappa shape index (κ3) is 5.02. The van der Waals surface area contributed by atoms with Crippen LogP contribution in [0.5, 0.6) is 5.75 Å². The highest BCUT2D eigenvalue weighted by Crippen LogP contribution is 2.30. The van der Waals surface area contributed by atoms with Gasteiger partial charge in [0.1, 0.15) is 11.6 Å². The van der Waals surface area contributed by atoms with Gasteiger partial charge in [-0.15, -0.1) is 0 Å². The number of nitrogen functional groups attached to an aromatic ring is 1. The molecule has 2 amide bonds. The fraction of sp³-hybridized carbons (Fsp3) is 0.458. The Morgan fingerprint density at radius 3 is 2.66 bits per heavy atom. The fourth-order valence-electron chi connectivity index (χ4n) is 4.40. The highest BCUT2D eigenvalue weighted by atomic mass is 16.5. The number of aromatic nitrogens is 1. The lowest BCUT2D eigenvalue weighted by Gasteiger charge is -2.32. The minimum Gasteiger partial charge on any atom is -0.495 e. The molecule has 0 aliphatic carbocycles. The van der Waals surface area contributed by atoms with Crippen molar-refractivity contribution in [2.75, 3.05) is 37.9 Å². The van der Waals surface area contributed by atoms with Gasteiger partial charge in [0.2, 0.25) is 5.91 Å². The number of amides is 2. The number of carbonyl (C=O) groups is 2. The minimum atomic E-state index is -0.333. The van der Waals surface area contributed by atoms with Crippen molar-refractivity contribution in [2.24, 2.45) is 0 Å². The number of likely N-dealkylation sites (tertiary alicyclic amines) is 1. The van der Waals surface area contributed by atoms with Crippen LogP contribution in [0, 0.1) is 0 Å². The molecular weight excluding hydrogens is 408 g/mol. The first kappa shape index (κ1) is 22.1. The molecular formula is C24H30N4O4. The Kier molecular flexibility index (Phi) is 6.90. The van der Waals surface area contributed by atoms with Crippen LogP contribution in [0.3, 0.4) is 0 Å². The SMILES string of the molecule is COc1ccccc1NC(=O)c1ccc(C2CCN(C(=O)CC3CCCO3)CC2)nc1N. The first-order valence-corrected chi connectivity index (χ1v) is 11.2. The second kappa shape index (κ2) is 9.99. The van der Waals surface area contributed by atoms with Gasteiger partial charge in [0.05, 0.1) is 30.9 Å². The standard InChI is InChI=1S/C24H30N4O4/c1-31-21-7-3-2-6-20(21)27-24(30)18-8-9-19(26-23(18)25)16-10-12-28(13-11-16)22(29)15-17-5-4-14-32-17/h2-3,6-9,16-17H,4-5,10-15H2,1H3,(H2,25,26)(H,27,30). The number of benzene rings is 1. The lowest BCUT2D eigenvalue weighted by atomic mass is 9.92. The number of hydrogen-bond acceptors (Lipinski definition) is 6. The average Bonchev–Trinajstić information content (AvgIpc) is 3.32. The van der Waals surface area contributed by atoms with E-state index in [2.05, 4.69) is 10.3 Å². The number of pyridine rings is 1. The molecule has 3 N–H and O–H groups in total. The van der Waals surface area contributed by atoms with Crippen molar-refractivity contribution in [3.05, 3.63) is 47.7 Å². The van der Waals surface area contributed by atoms with Gasteiger partial charge in [-0.05, 0) is 49.9 Å². The van der Waals surface area contributed by atoms with Gasteiger partial charge < -0.3 is 25.4 Å². The van der Waals surface area contributed by atoms with Gasteiger partial charge in [-0.3, -0.25) is 9.59 Å². The van der Waals surface area contributed by atoms with Gasteiger partial charge in [-0.2, -0.15) is 0 Å². The number of methoxy groups -OCH3 is 1. The number of hydrogen-bond donors (Lipinski definition) is 2. The number of nitrogens with one attached hydrogen (secondary N) is 1. The molecule has 0 spiro atoms. The normalized spacial score (nSPS) is 19.0. The number of piperidine rings is 1. The van der Waals surface area contributed by atoms with E-state index in [1.807, 2.05) is 23.1 Å². The molecule has 2 fully saturated rings. The van der Waals surface area contributed by atoms with Crippen LogP contribution in [0.2, 0.25) is 0 Å². The molecule has 2 aliphatic rings. The second-order valence-corrected chi connectivity index (χ2v) is 8.32. The van der Waals surface area contributed by atoms with Gasteiger partial charge >= 0.3 is 0 Å². The van der Waals surface area contributed by atoms with Crippen LogP contribution in [0.1, 0.15) is 54.1 Å². The summed E-state index contributed by atoms with van der Waals surface area (Å²) in [5, 5.41) is 2.83. The summed E-state index contributed by atoms with van der Waals surface area (Å²) in [5.74, 6) is 0.832. The van der Waals surface area contributed by atoms with Crippen molar-refractivity contribution < 1.29 is 19.1 Å². The molecule has 0 saturated carbocycles. The molecule has 2 aliphatic heterocycles. The molecule has 3 heterocycles. The van der Waals surface area contributed by atoms with Crippen LogP contribution >= 0.6 is 0 Å². The number of nitrogens with zero attached hydrogens (tertiary/aromatic N) is 2. The van der Waals surface area contributed by atoms with E-state index in [9.17, 15) is 9.59 Å². The van der Waals surface area contributed by atoms with E-state index >= 15 is 0 Å². The monoisotopic (exact) mass is 438 g/mol. The van der Waals surface area contributed by atoms with E-state index in [0.29, 0.717) is 36.5 Å². The summed E-state index contributed by atoms with van der Waals surface area (Å²) in [6.45, 7) is 2.17. The zero-order valence-corrected chi connectivity index (χ0v) is 18.4. The van der Waals surface area contributed by atoms with E-state index in [1.54, 1.807) is 25.3 Å². The lowest BCUT2D eigenvalue weighted by molar-refractivity contribution is -0.134. The summed E-state index contributed by atoms with van der Waals surface area (Å²) in [6, 6.07) is 10.8. The van der Waals surface area contributed by atoms with Gasteiger partial charge in [0, 0.05) is 31.3 Å². The lowest BCUT2D eigenvalue weighted by Crippen LogP contribution is -2.39. The van der Waals surface area contributed by atoms with Crippen molar-refractivity contribution in [1.82, 2.24) is 9.88 Å². The molecule has 32 heavy (non-hydrogen) atoms. The number of carbonyl (C=O) groups excluding carboxylic acids is 2. The highest BCUT2D eigenvalue weighted by molar-refractivity contribution is 6.07. The minimum absolute atomic E-state index is 0.0798. The first-order chi connectivity index (χ1) is 15.5. The molecule has 0 radical (unpaired) electrons. The van der Waals surface area contributed by atoms with E-state index in [0.717, 1.165) is 38.0 Å². The van der Waals surface area contributed by atoms with E-state index in [4.69, 9.17) is 15.2 Å². The number of nitrogens with two attached hydrogens (primary N) is 1. The van der Waals surface area contributed by atoms with Gasteiger partial charge in [-0.25, -0.2) is 4.98 Å². The number of rotatable bonds is 6. The molecule has 1 unspecified atom stereocenters. The van der Waals surface area contributed by atoms with Crippen LogP contribution < -0.4 is 15.8 Å². The van der Waals surface area contributed by atoms with Crippen LogP contribution in [0.4, 0.5) is 11.5 Å². The predicted molar refractivity (Wildman–Crippen MR) is 122 cm³/mol. The molecule has 1 atom stereocenters. The molecule has 1 aromatic heterocycles. The van der Waals surface area contributed by atoms with Crippen LogP contribution in [0.15, 0.2) is 36.4 Å². The summed E-state index contributed by atoms with van der Waals surface area (Å²) in [5.41, 5.74) is 7.90. The Morgan fingerprint density at radius 2 is 1.97 bits per heavy atom. The maximum absolute atomic E-state index is 12.7. The van der Waals surface area contributed by atoms with Crippen molar-refractivity contribution in [3.63, 3.8) is 0 Å². The predicted octanol–water partition coefficient (Wildman–Crippen LogP) is 3.20. The molecule has 4 rings (SSSR count). The smallest absolute Gasteiger partial charge is 0.259 e. The number of para-hydroxylation sites is 2. The maximum Gasteiger partial charge on any atom is 0.259 e. The Bertz CT molecular complexity index is 966. The average molecular weight is 439 g/mol. The Labute approximate surface area is 188 Å². The fourth-order valence-corrected chi connectivity index (χ4v) is 4.40. The third-order valence-electron chi connectivity index (χ3n) is 6.24. The molecule has 170 valence electrons. The Balaban J connectivity index is 1.35. The third-order valence-corrected chi connectivity index (χ3v) is 6.24. The Morgan fingerprint density at radius 1 is 1.19 bits per heavy atom. The topological polar surface area (TPSA) is 107 Å². The molecule has 2 saturated heterocycles. The van der Waals surface area contributed by atoms with E-state index < -0.39 is 0 Å². The van der Waals surface area contributed by atoms with E-state index in [1.165, 1.54) is 0 Å². The van der Waals surface area contributed by atoms with Crippen LogP contribution in [0.25, 0.3) is 0 Å². The van der Waals surface area contributed by atoms with Crippen molar-refractivity contribution in [2.45, 2.75) is 44.1 Å². The van der Waals surface area contributed by atoms with Crippen molar-refractivity contribution in [3.8, 4) is 5.75 Å². The molecule has 0 bridgehead atoms. The maximum atomic E-state index is 12.7. The summed E-state index contributed by atoms with van der Waals surface area (Å²) < 4.78 is 10.9. The summed E-state index contributed by atoms with van der Waals surface area (Å²) in [4.78, 5) is 31.7. The number of ether oxygens (including phenoxy) is 2. The van der Waals surface area contributed by atoms with Crippen LogP contribution in [-0.4, -0.2) is 54.6 Å². The summed E-state index contributed by atoms with van der Waals surface area (Å²) in [7, 11) is 1.55. The van der Waals surface area contributed by atoms with Crippen molar-refractivity contribution >= 4 is 23.3 Å². The Hall–Kier alpha value is -3.13. The van der Waals surface area contributed by atoms with Crippen molar-refractivity contribution in [1.29, 1.82) is 0 Å². The molecule has 8 heteroatoms. The van der Waals surface area contributed by atoms with Gasteiger partial charge in [-0.1, -0.05) is 12.1 Å². The quantitative estimate of drug-likeness (QED) is 0.717. The largest absolute Gasteiger partial charge is 0.495 e. The number of anilines is 2. The second-order valence-electron chi connectivity index (χ2n) is 8.32. The zero-order chi connectivity index (χ0) is 22.5. The van der Waals surface area contributed by atoms with Gasteiger partial charge in [0.15, 0.2) is 0 Å². The molecule has 1 aromatic carbocycles. The first-order valence-electron chi connectivity index (χ1n) is 11.2.